The molecule has 21 heavy (non-hydrogen) atoms. The van der Waals surface area contributed by atoms with Crippen LogP contribution in [0.25, 0.3) is 10.2 Å². The molecule has 3 rings (SSSR count). The van der Waals surface area contributed by atoms with Gasteiger partial charge in [-0.3, -0.25) is 0 Å². The largest absolute Gasteiger partial charge is 0.497 e. The van der Waals surface area contributed by atoms with Crippen LogP contribution in [0.15, 0.2) is 40.9 Å². The molecule has 0 fully saturated rings. The molecular weight excluding hydrogens is 302 g/mol. The summed E-state index contributed by atoms with van der Waals surface area (Å²) in [6.07, 6.45) is 1.99. The highest BCUT2D eigenvalue weighted by molar-refractivity contribution is 7.98. The summed E-state index contributed by atoms with van der Waals surface area (Å²) in [5, 5.41) is 6.24. The summed E-state index contributed by atoms with van der Waals surface area (Å²) < 4.78 is 6.27. The van der Waals surface area contributed by atoms with Crippen LogP contribution in [-0.4, -0.2) is 23.3 Å². The van der Waals surface area contributed by atoms with Gasteiger partial charge in [-0.1, -0.05) is 23.9 Å². The van der Waals surface area contributed by atoms with Crippen LogP contribution in [0.4, 0.5) is 5.82 Å². The number of anilines is 1. The smallest absolute Gasteiger partial charge is 0.189 e. The SMILES string of the molecule is COc1ccc(CNc2nc(SC)nc3ccsc23)cc1. The summed E-state index contributed by atoms with van der Waals surface area (Å²) in [5.41, 5.74) is 2.18. The molecule has 0 unspecified atom stereocenters. The van der Waals surface area contributed by atoms with Crippen molar-refractivity contribution >= 4 is 39.1 Å². The van der Waals surface area contributed by atoms with E-state index in [4.69, 9.17) is 4.74 Å². The second-order valence-corrected chi connectivity index (χ2v) is 6.09. The maximum Gasteiger partial charge on any atom is 0.189 e. The van der Waals surface area contributed by atoms with Crippen LogP contribution in [0.5, 0.6) is 5.75 Å². The van der Waals surface area contributed by atoms with Crippen molar-refractivity contribution in [3.8, 4) is 5.75 Å². The molecule has 2 aromatic heterocycles. The first-order valence-electron chi connectivity index (χ1n) is 6.46. The molecule has 0 aliphatic heterocycles. The number of hydrogen-bond donors (Lipinski definition) is 1. The topological polar surface area (TPSA) is 47.0 Å². The number of aromatic nitrogens is 2. The fourth-order valence-electron chi connectivity index (χ4n) is 1.98. The number of hydrogen-bond acceptors (Lipinski definition) is 6. The maximum absolute atomic E-state index is 5.17. The highest BCUT2D eigenvalue weighted by Crippen LogP contribution is 2.28. The van der Waals surface area contributed by atoms with Crippen molar-refractivity contribution in [2.45, 2.75) is 11.7 Å². The van der Waals surface area contributed by atoms with E-state index in [0.717, 1.165) is 33.5 Å². The second kappa shape index (κ2) is 6.32. The molecule has 3 aromatic rings. The number of methoxy groups -OCH3 is 1. The third-order valence-corrected chi connectivity index (χ3v) is 4.54. The monoisotopic (exact) mass is 317 g/mol. The minimum atomic E-state index is 0.724. The highest BCUT2D eigenvalue weighted by atomic mass is 32.2. The summed E-state index contributed by atoms with van der Waals surface area (Å²) in [6.45, 7) is 0.724. The number of rotatable bonds is 5. The third kappa shape index (κ3) is 3.11. The van der Waals surface area contributed by atoms with Crippen LogP contribution in [0.1, 0.15) is 5.56 Å². The molecule has 108 valence electrons. The molecule has 0 saturated carbocycles. The van der Waals surface area contributed by atoms with Gasteiger partial charge in [-0.2, -0.15) is 0 Å². The van der Waals surface area contributed by atoms with E-state index in [9.17, 15) is 0 Å². The summed E-state index contributed by atoms with van der Waals surface area (Å²) in [5.74, 6) is 1.77. The Morgan fingerprint density at radius 3 is 2.71 bits per heavy atom. The lowest BCUT2D eigenvalue weighted by Crippen LogP contribution is -2.03. The Balaban J connectivity index is 1.81. The van der Waals surface area contributed by atoms with E-state index in [1.165, 1.54) is 5.56 Å². The Kier molecular flexibility index (Phi) is 4.26. The van der Waals surface area contributed by atoms with Crippen LogP contribution >= 0.6 is 23.1 Å². The zero-order valence-corrected chi connectivity index (χ0v) is 13.4. The van der Waals surface area contributed by atoms with E-state index >= 15 is 0 Å². The van der Waals surface area contributed by atoms with Crippen LogP contribution in [0, 0.1) is 0 Å². The summed E-state index contributed by atoms with van der Waals surface area (Å²) >= 11 is 3.21. The molecule has 0 aliphatic carbocycles. The molecule has 0 bridgehead atoms. The van der Waals surface area contributed by atoms with Gasteiger partial charge in [-0.05, 0) is 35.4 Å². The van der Waals surface area contributed by atoms with Crippen molar-refractivity contribution in [1.29, 1.82) is 0 Å². The van der Waals surface area contributed by atoms with Gasteiger partial charge >= 0.3 is 0 Å². The number of fused-ring (bicyclic) bond motifs is 1. The zero-order chi connectivity index (χ0) is 14.7. The van der Waals surface area contributed by atoms with Gasteiger partial charge in [0.25, 0.3) is 0 Å². The summed E-state index contributed by atoms with van der Waals surface area (Å²) in [4.78, 5) is 9.06. The molecule has 1 N–H and O–H groups in total. The predicted octanol–water partition coefficient (Wildman–Crippen LogP) is 4.03. The lowest BCUT2D eigenvalue weighted by atomic mass is 10.2. The van der Waals surface area contributed by atoms with Crippen molar-refractivity contribution in [1.82, 2.24) is 9.97 Å². The number of ether oxygens (including phenoxy) is 1. The molecule has 0 saturated heterocycles. The average molecular weight is 317 g/mol. The first-order chi connectivity index (χ1) is 10.3. The Bertz CT molecular complexity index is 740. The molecule has 4 nitrogen and oxygen atoms in total. The predicted molar refractivity (Wildman–Crippen MR) is 89.5 cm³/mol. The van der Waals surface area contributed by atoms with E-state index < -0.39 is 0 Å². The number of thioether (sulfide) groups is 1. The van der Waals surface area contributed by atoms with Crippen LogP contribution in [0.2, 0.25) is 0 Å². The van der Waals surface area contributed by atoms with Gasteiger partial charge in [0.2, 0.25) is 0 Å². The van der Waals surface area contributed by atoms with Crippen LogP contribution < -0.4 is 10.1 Å². The Hall–Kier alpha value is -1.79. The van der Waals surface area contributed by atoms with Crippen LogP contribution in [0.3, 0.4) is 0 Å². The fraction of sp³-hybridized carbons (Fsp3) is 0.200. The minimum absolute atomic E-state index is 0.724. The lowest BCUT2D eigenvalue weighted by Gasteiger charge is -2.08. The normalized spacial score (nSPS) is 10.8. The van der Waals surface area contributed by atoms with E-state index in [-0.39, 0.29) is 0 Å². The Labute approximate surface area is 131 Å². The van der Waals surface area contributed by atoms with Gasteiger partial charge in [-0.25, -0.2) is 9.97 Å². The highest BCUT2D eigenvalue weighted by Gasteiger charge is 2.08. The standard InChI is InChI=1S/C15H15N3OS2/c1-19-11-5-3-10(4-6-11)9-16-14-13-12(7-8-21-13)17-15(18-14)20-2/h3-8H,9H2,1-2H3,(H,16,17,18). The van der Waals surface area contributed by atoms with E-state index in [2.05, 4.69) is 15.3 Å². The van der Waals surface area contributed by atoms with Gasteiger partial charge in [0.1, 0.15) is 11.6 Å². The molecule has 0 spiro atoms. The zero-order valence-electron chi connectivity index (χ0n) is 11.8. The molecule has 1 aromatic carbocycles. The van der Waals surface area contributed by atoms with E-state index in [0.29, 0.717) is 0 Å². The summed E-state index contributed by atoms with van der Waals surface area (Å²) in [7, 11) is 1.67. The molecule has 0 radical (unpaired) electrons. The maximum atomic E-state index is 5.17. The number of nitrogens with zero attached hydrogens (tertiary/aromatic N) is 2. The van der Waals surface area contributed by atoms with Gasteiger partial charge in [0, 0.05) is 6.54 Å². The van der Waals surface area contributed by atoms with E-state index in [1.807, 2.05) is 42.0 Å². The van der Waals surface area contributed by atoms with Crippen molar-refractivity contribution in [2.75, 3.05) is 18.7 Å². The molecule has 6 heteroatoms. The van der Waals surface area contributed by atoms with E-state index in [1.54, 1.807) is 30.2 Å². The van der Waals surface area contributed by atoms with Crippen molar-refractivity contribution < 1.29 is 4.74 Å². The summed E-state index contributed by atoms with van der Waals surface area (Å²) in [6, 6.07) is 10.1. The second-order valence-electron chi connectivity index (χ2n) is 4.40. The molecule has 0 aliphatic rings. The van der Waals surface area contributed by atoms with Crippen molar-refractivity contribution in [3.63, 3.8) is 0 Å². The Morgan fingerprint density at radius 1 is 1.19 bits per heavy atom. The quantitative estimate of drug-likeness (QED) is 0.568. The first-order valence-corrected chi connectivity index (χ1v) is 8.56. The van der Waals surface area contributed by atoms with Gasteiger partial charge < -0.3 is 10.1 Å². The van der Waals surface area contributed by atoms with Gasteiger partial charge in [0.15, 0.2) is 5.16 Å². The number of nitrogens with one attached hydrogen (secondary N) is 1. The minimum Gasteiger partial charge on any atom is -0.497 e. The fourth-order valence-corrected chi connectivity index (χ4v) is 3.15. The van der Waals surface area contributed by atoms with Crippen molar-refractivity contribution in [2.24, 2.45) is 0 Å². The van der Waals surface area contributed by atoms with Crippen LogP contribution in [-0.2, 0) is 6.54 Å². The molecule has 0 atom stereocenters. The first kappa shape index (κ1) is 14.2. The number of benzene rings is 1. The third-order valence-electron chi connectivity index (χ3n) is 3.08. The average Bonchev–Trinajstić information content (AvgIpc) is 3.01. The molecule has 2 heterocycles. The molecule has 0 amide bonds. The number of thiophene rings is 1. The van der Waals surface area contributed by atoms with Gasteiger partial charge in [-0.15, -0.1) is 11.3 Å². The lowest BCUT2D eigenvalue weighted by molar-refractivity contribution is 0.414. The van der Waals surface area contributed by atoms with Gasteiger partial charge in [0.05, 0.1) is 17.3 Å². The van der Waals surface area contributed by atoms with Crippen molar-refractivity contribution in [3.05, 3.63) is 41.3 Å². The Morgan fingerprint density at radius 2 is 2.00 bits per heavy atom. The molecular formula is C15H15N3OS2.